The predicted molar refractivity (Wildman–Crippen MR) is 198 cm³/mol. The molecule has 0 unspecified atom stereocenters. The molecule has 1 aliphatic carbocycles. The molecule has 1 aliphatic rings. The maximum atomic E-state index is 5.32. The summed E-state index contributed by atoms with van der Waals surface area (Å²) < 4.78 is 2.31. The Bertz CT molecular complexity index is 2760. The van der Waals surface area contributed by atoms with E-state index in [0.29, 0.717) is 17.6 Å². The van der Waals surface area contributed by atoms with Gasteiger partial charge in [0.2, 0.25) is 5.95 Å². The molecule has 10 rings (SSSR count). The third-order valence-corrected chi connectivity index (χ3v) is 10.2. The number of hydrogen-bond acceptors (Lipinski definition) is 3. The molecule has 0 aliphatic heterocycles. The number of para-hydroxylation sites is 1. The van der Waals surface area contributed by atoms with Crippen molar-refractivity contribution in [3.63, 3.8) is 0 Å². The van der Waals surface area contributed by atoms with Crippen molar-refractivity contribution in [2.24, 2.45) is 0 Å². The van der Waals surface area contributed by atoms with Crippen LogP contribution in [0.15, 0.2) is 146 Å². The van der Waals surface area contributed by atoms with Gasteiger partial charge in [0.1, 0.15) is 0 Å². The number of nitrogens with zero attached hydrogens (tertiary/aromatic N) is 4. The lowest BCUT2D eigenvalue weighted by molar-refractivity contribution is 0.663. The summed E-state index contributed by atoms with van der Waals surface area (Å²) in [5, 5.41) is 7.27. The Morgan fingerprint density at radius 1 is 0.521 bits per heavy atom. The highest BCUT2D eigenvalue weighted by Crippen LogP contribution is 2.56. The topological polar surface area (TPSA) is 43.6 Å². The molecule has 0 radical (unpaired) electrons. The predicted octanol–water partition coefficient (Wildman–Crippen LogP) is 10.9. The van der Waals surface area contributed by atoms with Gasteiger partial charge in [0, 0.05) is 27.3 Å². The van der Waals surface area contributed by atoms with Crippen molar-refractivity contribution in [2.45, 2.75) is 19.3 Å². The summed E-state index contributed by atoms with van der Waals surface area (Å²) >= 11 is 0. The zero-order valence-corrected chi connectivity index (χ0v) is 26.6. The van der Waals surface area contributed by atoms with Crippen LogP contribution in [0.4, 0.5) is 0 Å². The molecule has 48 heavy (non-hydrogen) atoms. The molecule has 226 valence electrons. The Hall–Kier alpha value is -6.13. The summed E-state index contributed by atoms with van der Waals surface area (Å²) in [4.78, 5) is 15.7. The van der Waals surface area contributed by atoms with Crippen LogP contribution in [0.2, 0.25) is 0 Å². The molecule has 0 N–H and O–H groups in total. The molecular formula is C44H30N4. The molecule has 0 saturated carbocycles. The molecular weight excluding hydrogens is 585 g/mol. The van der Waals surface area contributed by atoms with E-state index in [-0.39, 0.29) is 5.41 Å². The maximum absolute atomic E-state index is 5.32. The fraction of sp³-hybridized carbons (Fsp3) is 0.0682. The zero-order chi connectivity index (χ0) is 32.0. The van der Waals surface area contributed by atoms with Gasteiger partial charge in [0.25, 0.3) is 0 Å². The Labute approximate surface area is 278 Å². The Morgan fingerprint density at radius 3 is 2.00 bits per heavy atom. The third kappa shape index (κ3) is 3.74. The van der Waals surface area contributed by atoms with Gasteiger partial charge in [0.05, 0.1) is 11.0 Å². The molecule has 4 nitrogen and oxygen atoms in total. The van der Waals surface area contributed by atoms with Crippen molar-refractivity contribution < 1.29 is 0 Å². The maximum Gasteiger partial charge on any atom is 0.238 e. The van der Waals surface area contributed by atoms with Crippen molar-refractivity contribution in [1.82, 2.24) is 19.5 Å². The van der Waals surface area contributed by atoms with Gasteiger partial charge in [-0.15, -0.1) is 0 Å². The van der Waals surface area contributed by atoms with Crippen molar-refractivity contribution in [1.29, 1.82) is 0 Å². The summed E-state index contributed by atoms with van der Waals surface area (Å²) in [7, 11) is 0. The highest BCUT2D eigenvalue weighted by molar-refractivity contribution is 6.26. The second kappa shape index (κ2) is 9.93. The van der Waals surface area contributed by atoms with Crippen LogP contribution in [0, 0.1) is 0 Å². The lowest BCUT2D eigenvalue weighted by Crippen LogP contribution is -2.17. The Morgan fingerprint density at radius 2 is 1.17 bits per heavy atom. The van der Waals surface area contributed by atoms with Crippen LogP contribution in [0.5, 0.6) is 0 Å². The summed E-state index contributed by atoms with van der Waals surface area (Å²) in [6.45, 7) is 4.72. The lowest BCUT2D eigenvalue weighted by atomic mass is 9.80. The van der Waals surface area contributed by atoms with Gasteiger partial charge >= 0.3 is 0 Å². The SMILES string of the molecule is CC1(C)c2ccccc2-c2c1c1c(c3ccccc23)c2ccccc2n1-c1nc(-c2ccccc2)nc(-c2ccc3ccccc3c2)n1. The minimum absolute atomic E-state index is 0.253. The van der Waals surface area contributed by atoms with E-state index in [4.69, 9.17) is 15.0 Å². The van der Waals surface area contributed by atoms with Gasteiger partial charge in [-0.1, -0.05) is 147 Å². The molecule has 7 aromatic carbocycles. The number of rotatable bonds is 3. The van der Waals surface area contributed by atoms with Crippen molar-refractivity contribution in [3.05, 3.63) is 157 Å². The Kier molecular flexibility index (Phi) is 5.59. The average Bonchev–Trinajstić information content (AvgIpc) is 3.61. The fourth-order valence-electron chi connectivity index (χ4n) is 8.04. The van der Waals surface area contributed by atoms with Crippen LogP contribution >= 0.6 is 0 Å². The Balaban J connectivity index is 1.38. The van der Waals surface area contributed by atoms with Crippen LogP contribution in [0.25, 0.3) is 83.2 Å². The van der Waals surface area contributed by atoms with Crippen LogP contribution in [0.1, 0.15) is 25.0 Å². The largest absolute Gasteiger partial charge is 0.277 e. The van der Waals surface area contributed by atoms with E-state index in [9.17, 15) is 0 Å². The molecule has 0 bridgehead atoms. The monoisotopic (exact) mass is 614 g/mol. The summed E-state index contributed by atoms with van der Waals surface area (Å²) in [5.74, 6) is 1.91. The van der Waals surface area contributed by atoms with E-state index < -0.39 is 0 Å². The van der Waals surface area contributed by atoms with Gasteiger partial charge < -0.3 is 0 Å². The van der Waals surface area contributed by atoms with Gasteiger partial charge in [-0.2, -0.15) is 9.97 Å². The van der Waals surface area contributed by atoms with Crippen LogP contribution in [-0.4, -0.2) is 19.5 Å². The number of aromatic nitrogens is 4. The zero-order valence-electron chi connectivity index (χ0n) is 26.6. The van der Waals surface area contributed by atoms with Gasteiger partial charge in [0.15, 0.2) is 11.6 Å². The molecule has 0 spiro atoms. The minimum atomic E-state index is -0.253. The summed E-state index contributed by atoms with van der Waals surface area (Å²) in [5.41, 5.74) is 9.13. The van der Waals surface area contributed by atoms with E-state index in [1.165, 1.54) is 49.2 Å². The van der Waals surface area contributed by atoms with E-state index in [0.717, 1.165) is 27.5 Å². The minimum Gasteiger partial charge on any atom is -0.277 e. The third-order valence-electron chi connectivity index (χ3n) is 10.2. The van der Waals surface area contributed by atoms with Crippen molar-refractivity contribution in [3.8, 4) is 39.9 Å². The molecule has 0 saturated heterocycles. The summed E-state index contributed by atoms with van der Waals surface area (Å²) in [6.07, 6.45) is 0. The molecule has 4 heteroatoms. The van der Waals surface area contributed by atoms with E-state index in [2.05, 4.69) is 146 Å². The van der Waals surface area contributed by atoms with Crippen LogP contribution < -0.4 is 0 Å². The standard InChI is InChI=1S/C44H30N4/c1-44(2)35-22-12-10-20-33(35)37-31-18-8-9-19-32(31)38-34-21-11-13-23-36(34)48(40(38)39(37)44)43-46-41(28-15-4-3-5-16-28)45-42(47-43)30-25-24-27-14-6-7-17-29(27)26-30/h3-26H,1-2H3. The second-order valence-electron chi connectivity index (χ2n) is 13.3. The first kappa shape index (κ1) is 27.0. The average molecular weight is 615 g/mol. The number of hydrogen-bond donors (Lipinski definition) is 0. The number of fused-ring (bicyclic) bond motifs is 11. The molecule has 0 fully saturated rings. The number of benzene rings is 7. The van der Waals surface area contributed by atoms with E-state index >= 15 is 0 Å². The molecule has 0 atom stereocenters. The molecule has 9 aromatic rings. The first-order chi connectivity index (χ1) is 23.6. The lowest BCUT2D eigenvalue weighted by Gasteiger charge is -2.24. The molecule has 2 heterocycles. The highest BCUT2D eigenvalue weighted by Gasteiger charge is 2.40. The normalized spacial score (nSPS) is 13.4. The second-order valence-corrected chi connectivity index (χ2v) is 13.3. The highest BCUT2D eigenvalue weighted by atomic mass is 15.2. The smallest absolute Gasteiger partial charge is 0.238 e. The van der Waals surface area contributed by atoms with Crippen LogP contribution in [-0.2, 0) is 5.41 Å². The van der Waals surface area contributed by atoms with Gasteiger partial charge in [-0.05, 0) is 55.9 Å². The van der Waals surface area contributed by atoms with Crippen molar-refractivity contribution >= 4 is 43.4 Å². The summed E-state index contributed by atoms with van der Waals surface area (Å²) in [6, 6.07) is 51.6. The quantitative estimate of drug-likeness (QED) is 0.199. The first-order valence-corrected chi connectivity index (χ1v) is 16.5. The van der Waals surface area contributed by atoms with E-state index in [1.807, 2.05) is 18.2 Å². The van der Waals surface area contributed by atoms with Crippen molar-refractivity contribution in [2.75, 3.05) is 0 Å². The molecule has 2 aromatic heterocycles. The fourth-order valence-corrected chi connectivity index (χ4v) is 8.04. The molecule has 0 amide bonds. The van der Waals surface area contributed by atoms with Gasteiger partial charge in [-0.25, -0.2) is 4.98 Å². The first-order valence-electron chi connectivity index (χ1n) is 16.5. The van der Waals surface area contributed by atoms with Crippen LogP contribution in [0.3, 0.4) is 0 Å². The van der Waals surface area contributed by atoms with Gasteiger partial charge in [-0.3, -0.25) is 4.57 Å². The van der Waals surface area contributed by atoms with E-state index in [1.54, 1.807) is 0 Å².